The SMILES string of the molecule is NC(=O)NN=Cc1ccc2cc(Cl)ncc2c1. The first-order valence-corrected chi connectivity index (χ1v) is 5.17. The van der Waals surface area contributed by atoms with E-state index in [1.807, 2.05) is 18.2 Å². The number of rotatable bonds is 2. The van der Waals surface area contributed by atoms with Gasteiger partial charge in [0.05, 0.1) is 6.21 Å². The third-order valence-electron chi connectivity index (χ3n) is 2.10. The summed E-state index contributed by atoms with van der Waals surface area (Å²) in [6.07, 6.45) is 3.18. The predicted molar refractivity (Wildman–Crippen MR) is 67.1 cm³/mol. The topological polar surface area (TPSA) is 80.4 Å². The molecule has 2 amide bonds. The Kier molecular flexibility index (Phi) is 3.20. The molecule has 0 aliphatic carbocycles. The van der Waals surface area contributed by atoms with Crippen LogP contribution in [0.25, 0.3) is 10.8 Å². The number of hydrogen-bond donors (Lipinski definition) is 2. The first-order chi connectivity index (χ1) is 8.15. The maximum absolute atomic E-state index is 10.4. The van der Waals surface area contributed by atoms with E-state index < -0.39 is 6.03 Å². The average molecular weight is 249 g/mol. The highest BCUT2D eigenvalue weighted by Crippen LogP contribution is 2.17. The van der Waals surface area contributed by atoms with Crippen molar-refractivity contribution in [3.05, 3.63) is 41.2 Å². The zero-order chi connectivity index (χ0) is 12.3. The molecule has 0 atom stereocenters. The normalized spacial score (nSPS) is 10.9. The highest BCUT2D eigenvalue weighted by Gasteiger charge is 1.97. The van der Waals surface area contributed by atoms with Crippen molar-refractivity contribution in [1.29, 1.82) is 0 Å². The van der Waals surface area contributed by atoms with Gasteiger partial charge < -0.3 is 5.73 Å². The van der Waals surface area contributed by atoms with Gasteiger partial charge in [0.2, 0.25) is 0 Å². The molecular formula is C11H9ClN4O. The van der Waals surface area contributed by atoms with Gasteiger partial charge in [-0.25, -0.2) is 15.2 Å². The minimum atomic E-state index is -0.699. The van der Waals surface area contributed by atoms with E-state index in [0.29, 0.717) is 5.15 Å². The number of benzene rings is 1. The summed E-state index contributed by atoms with van der Waals surface area (Å²) in [5.74, 6) is 0. The number of fused-ring (bicyclic) bond motifs is 1. The number of hydrazone groups is 1. The molecule has 1 aromatic heterocycles. The molecule has 6 heteroatoms. The van der Waals surface area contributed by atoms with Crippen LogP contribution in [0.4, 0.5) is 4.79 Å². The molecule has 1 aromatic carbocycles. The van der Waals surface area contributed by atoms with Gasteiger partial charge in [-0.1, -0.05) is 23.7 Å². The zero-order valence-corrected chi connectivity index (χ0v) is 9.48. The first-order valence-electron chi connectivity index (χ1n) is 4.79. The number of nitrogens with zero attached hydrogens (tertiary/aromatic N) is 2. The summed E-state index contributed by atoms with van der Waals surface area (Å²) in [6, 6.07) is 6.71. The fraction of sp³-hybridized carbons (Fsp3) is 0. The summed E-state index contributed by atoms with van der Waals surface area (Å²) >= 11 is 5.78. The summed E-state index contributed by atoms with van der Waals surface area (Å²) in [7, 11) is 0. The summed E-state index contributed by atoms with van der Waals surface area (Å²) in [5.41, 5.74) is 7.83. The van der Waals surface area contributed by atoms with Gasteiger partial charge in [-0.3, -0.25) is 0 Å². The number of carbonyl (C=O) groups is 1. The lowest BCUT2D eigenvalue weighted by atomic mass is 10.1. The van der Waals surface area contributed by atoms with E-state index in [0.717, 1.165) is 16.3 Å². The van der Waals surface area contributed by atoms with E-state index in [4.69, 9.17) is 17.3 Å². The molecule has 0 aliphatic heterocycles. The van der Waals surface area contributed by atoms with Gasteiger partial charge in [0.15, 0.2) is 0 Å². The Balaban J connectivity index is 2.29. The van der Waals surface area contributed by atoms with E-state index in [1.165, 1.54) is 6.21 Å². The second-order valence-electron chi connectivity index (χ2n) is 3.35. The molecule has 0 radical (unpaired) electrons. The number of primary amides is 1. The van der Waals surface area contributed by atoms with Crippen LogP contribution < -0.4 is 11.2 Å². The lowest BCUT2D eigenvalue weighted by Gasteiger charge is -1.99. The van der Waals surface area contributed by atoms with E-state index in [1.54, 1.807) is 12.3 Å². The first kappa shape index (κ1) is 11.3. The molecule has 86 valence electrons. The van der Waals surface area contributed by atoms with Crippen LogP contribution in [0.3, 0.4) is 0 Å². The largest absolute Gasteiger partial charge is 0.350 e. The van der Waals surface area contributed by atoms with Gasteiger partial charge >= 0.3 is 6.03 Å². The number of amides is 2. The molecule has 0 saturated carbocycles. The molecule has 0 spiro atoms. The van der Waals surface area contributed by atoms with Gasteiger partial charge in [-0.2, -0.15) is 5.10 Å². The number of halogens is 1. The second kappa shape index (κ2) is 4.80. The third kappa shape index (κ3) is 2.92. The van der Waals surface area contributed by atoms with Crippen molar-refractivity contribution in [2.75, 3.05) is 0 Å². The van der Waals surface area contributed by atoms with Crippen molar-refractivity contribution in [3.63, 3.8) is 0 Å². The van der Waals surface area contributed by atoms with Gasteiger partial charge in [0, 0.05) is 11.6 Å². The fourth-order valence-corrected chi connectivity index (χ4v) is 1.55. The number of nitrogens with one attached hydrogen (secondary N) is 1. The lowest BCUT2D eigenvalue weighted by Crippen LogP contribution is -2.24. The number of nitrogens with two attached hydrogens (primary N) is 1. The molecule has 0 fully saturated rings. The molecule has 0 unspecified atom stereocenters. The van der Waals surface area contributed by atoms with Crippen LogP contribution in [0.2, 0.25) is 5.15 Å². The summed E-state index contributed by atoms with van der Waals surface area (Å²) < 4.78 is 0. The second-order valence-corrected chi connectivity index (χ2v) is 3.74. The molecular weight excluding hydrogens is 240 g/mol. The molecule has 0 bridgehead atoms. The summed E-state index contributed by atoms with van der Waals surface area (Å²) in [5, 5.41) is 6.06. The Morgan fingerprint density at radius 2 is 2.24 bits per heavy atom. The predicted octanol–water partition coefficient (Wildman–Crippen LogP) is 1.89. The number of carbonyl (C=O) groups excluding carboxylic acids is 1. The molecule has 0 saturated heterocycles. The average Bonchev–Trinajstić information content (AvgIpc) is 2.29. The van der Waals surface area contributed by atoms with E-state index in [2.05, 4.69) is 15.5 Å². The third-order valence-corrected chi connectivity index (χ3v) is 2.31. The van der Waals surface area contributed by atoms with Crippen molar-refractivity contribution >= 4 is 34.6 Å². The molecule has 1 heterocycles. The Bertz CT molecular complexity index is 597. The van der Waals surface area contributed by atoms with E-state index >= 15 is 0 Å². The lowest BCUT2D eigenvalue weighted by molar-refractivity contribution is 0.249. The van der Waals surface area contributed by atoms with Gasteiger partial charge in [0.25, 0.3) is 0 Å². The standard InChI is InChI=1S/C11H9ClN4O/c12-10-4-8-2-1-7(3-9(8)6-14-10)5-15-16-11(13)17/h1-6H,(H3,13,16,17). The molecule has 0 aliphatic rings. The Labute approximate surface area is 102 Å². The van der Waals surface area contributed by atoms with Gasteiger partial charge in [-0.15, -0.1) is 0 Å². The van der Waals surface area contributed by atoms with Crippen LogP contribution in [0.15, 0.2) is 35.6 Å². The van der Waals surface area contributed by atoms with Crippen LogP contribution in [-0.2, 0) is 0 Å². The summed E-state index contributed by atoms with van der Waals surface area (Å²) in [4.78, 5) is 14.4. The van der Waals surface area contributed by atoms with Crippen molar-refractivity contribution in [2.24, 2.45) is 10.8 Å². The number of hydrogen-bond acceptors (Lipinski definition) is 3. The van der Waals surface area contributed by atoms with Crippen molar-refractivity contribution in [2.45, 2.75) is 0 Å². The van der Waals surface area contributed by atoms with Crippen molar-refractivity contribution in [3.8, 4) is 0 Å². The maximum Gasteiger partial charge on any atom is 0.332 e. The Morgan fingerprint density at radius 3 is 3.00 bits per heavy atom. The molecule has 17 heavy (non-hydrogen) atoms. The molecule has 2 aromatic rings. The number of urea groups is 1. The number of aromatic nitrogens is 1. The van der Waals surface area contributed by atoms with Crippen molar-refractivity contribution < 1.29 is 4.79 Å². The number of pyridine rings is 1. The molecule has 3 N–H and O–H groups in total. The monoisotopic (exact) mass is 248 g/mol. The van der Waals surface area contributed by atoms with E-state index in [9.17, 15) is 4.79 Å². The Morgan fingerprint density at radius 1 is 1.41 bits per heavy atom. The highest BCUT2D eigenvalue weighted by atomic mass is 35.5. The van der Waals surface area contributed by atoms with Gasteiger partial charge in [-0.05, 0) is 23.1 Å². The van der Waals surface area contributed by atoms with Crippen LogP contribution >= 0.6 is 11.6 Å². The highest BCUT2D eigenvalue weighted by molar-refractivity contribution is 6.30. The quantitative estimate of drug-likeness (QED) is 0.483. The molecule has 5 nitrogen and oxygen atoms in total. The van der Waals surface area contributed by atoms with Crippen LogP contribution in [0, 0.1) is 0 Å². The smallest absolute Gasteiger partial charge is 0.332 e. The maximum atomic E-state index is 10.4. The molecule has 2 rings (SSSR count). The minimum absolute atomic E-state index is 0.453. The van der Waals surface area contributed by atoms with Crippen LogP contribution in [-0.4, -0.2) is 17.2 Å². The zero-order valence-electron chi connectivity index (χ0n) is 8.72. The fourth-order valence-electron chi connectivity index (χ4n) is 1.38. The van der Waals surface area contributed by atoms with Gasteiger partial charge in [0.1, 0.15) is 5.15 Å². The van der Waals surface area contributed by atoms with Crippen LogP contribution in [0.1, 0.15) is 5.56 Å². The van der Waals surface area contributed by atoms with Crippen LogP contribution in [0.5, 0.6) is 0 Å². The Hall–Kier alpha value is -2.14. The minimum Gasteiger partial charge on any atom is -0.350 e. The van der Waals surface area contributed by atoms with E-state index in [-0.39, 0.29) is 0 Å². The summed E-state index contributed by atoms with van der Waals surface area (Å²) in [6.45, 7) is 0. The van der Waals surface area contributed by atoms with Crippen molar-refractivity contribution in [1.82, 2.24) is 10.4 Å².